The van der Waals surface area contributed by atoms with Gasteiger partial charge < -0.3 is 4.74 Å². The lowest BCUT2D eigenvalue weighted by atomic mass is 10.2. The Kier molecular flexibility index (Phi) is 5.24. The summed E-state index contributed by atoms with van der Waals surface area (Å²) in [6.07, 6.45) is 0. The first-order valence-corrected chi connectivity index (χ1v) is 7.57. The van der Waals surface area contributed by atoms with Gasteiger partial charge in [-0.2, -0.15) is 0 Å². The second-order valence-electron chi connectivity index (χ2n) is 3.75. The Balaban J connectivity index is 1.89. The van der Waals surface area contributed by atoms with Crippen LogP contribution >= 0.6 is 34.9 Å². The molecule has 0 fully saturated rings. The molecule has 5 nitrogen and oxygen atoms in total. The summed E-state index contributed by atoms with van der Waals surface area (Å²) in [4.78, 5) is 10.2. The number of methoxy groups -OCH3 is 1. The molecule has 0 radical (unpaired) electrons. The van der Waals surface area contributed by atoms with E-state index in [0.717, 1.165) is 15.5 Å². The molecule has 1 heterocycles. The van der Waals surface area contributed by atoms with Crippen molar-refractivity contribution in [3.8, 4) is 5.75 Å². The standard InChI is InChI=1S/C12H11ClN2O3S2/c1-18-9-4-2-8(3-5-9)7-14-20-11-6-10(15(16)17)12(13)19-11/h2-6,14H,7H2,1H3. The Morgan fingerprint density at radius 3 is 2.70 bits per heavy atom. The van der Waals surface area contributed by atoms with Gasteiger partial charge in [0.05, 0.1) is 16.2 Å². The average molecular weight is 331 g/mol. The van der Waals surface area contributed by atoms with E-state index < -0.39 is 4.92 Å². The number of ether oxygens (including phenoxy) is 1. The first-order chi connectivity index (χ1) is 9.60. The molecule has 0 aliphatic rings. The highest BCUT2D eigenvalue weighted by atomic mass is 35.5. The van der Waals surface area contributed by atoms with E-state index in [1.54, 1.807) is 7.11 Å². The van der Waals surface area contributed by atoms with Crippen molar-refractivity contribution in [2.75, 3.05) is 7.11 Å². The van der Waals surface area contributed by atoms with Crippen molar-refractivity contribution >= 4 is 40.6 Å². The molecule has 0 spiro atoms. The molecule has 0 atom stereocenters. The molecule has 0 saturated heterocycles. The van der Waals surface area contributed by atoms with E-state index in [-0.39, 0.29) is 10.0 Å². The van der Waals surface area contributed by atoms with Gasteiger partial charge in [-0.1, -0.05) is 23.7 Å². The lowest BCUT2D eigenvalue weighted by molar-refractivity contribution is -0.384. The highest BCUT2D eigenvalue weighted by molar-refractivity contribution is 7.99. The topological polar surface area (TPSA) is 64.4 Å². The fourth-order valence-corrected chi connectivity index (χ4v) is 3.69. The lowest BCUT2D eigenvalue weighted by Crippen LogP contribution is -2.02. The molecule has 0 aliphatic carbocycles. The number of benzene rings is 1. The number of hydrogen-bond donors (Lipinski definition) is 1. The summed E-state index contributed by atoms with van der Waals surface area (Å²) in [5.74, 6) is 0.807. The summed E-state index contributed by atoms with van der Waals surface area (Å²) in [6.45, 7) is 0.637. The summed E-state index contributed by atoms with van der Waals surface area (Å²) >= 11 is 8.31. The predicted octanol–water partition coefficient (Wildman–Crippen LogP) is 4.12. The summed E-state index contributed by atoms with van der Waals surface area (Å²) in [6, 6.07) is 9.15. The Bertz CT molecular complexity index is 601. The van der Waals surface area contributed by atoms with Crippen LogP contribution < -0.4 is 9.46 Å². The maximum absolute atomic E-state index is 10.7. The van der Waals surface area contributed by atoms with Gasteiger partial charge in [-0.15, -0.1) is 11.3 Å². The van der Waals surface area contributed by atoms with Crippen molar-refractivity contribution in [3.05, 3.63) is 50.3 Å². The second kappa shape index (κ2) is 6.94. The van der Waals surface area contributed by atoms with Crippen LogP contribution in [0.5, 0.6) is 5.75 Å². The third-order valence-corrected chi connectivity index (χ3v) is 4.69. The molecular weight excluding hydrogens is 320 g/mol. The minimum Gasteiger partial charge on any atom is -0.497 e. The van der Waals surface area contributed by atoms with Crippen molar-refractivity contribution in [1.82, 2.24) is 4.72 Å². The molecular formula is C12H11ClN2O3S2. The van der Waals surface area contributed by atoms with Gasteiger partial charge in [0.25, 0.3) is 5.69 Å². The molecule has 0 amide bonds. The van der Waals surface area contributed by atoms with Crippen molar-refractivity contribution in [2.45, 2.75) is 10.8 Å². The third kappa shape index (κ3) is 3.86. The number of hydrogen-bond acceptors (Lipinski definition) is 6. The number of nitrogens with one attached hydrogen (secondary N) is 1. The van der Waals surface area contributed by atoms with Crippen LogP contribution in [-0.4, -0.2) is 12.0 Å². The molecule has 2 rings (SSSR count). The first kappa shape index (κ1) is 15.1. The first-order valence-electron chi connectivity index (χ1n) is 5.56. The van der Waals surface area contributed by atoms with Gasteiger partial charge in [-0.3, -0.25) is 14.8 Å². The Morgan fingerprint density at radius 1 is 1.45 bits per heavy atom. The van der Waals surface area contributed by atoms with Gasteiger partial charge >= 0.3 is 0 Å². The van der Waals surface area contributed by atoms with Gasteiger partial charge in [-0.25, -0.2) is 0 Å². The van der Waals surface area contributed by atoms with Crippen LogP contribution in [0.4, 0.5) is 5.69 Å². The van der Waals surface area contributed by atoms with E-state index in [9.17, 15) is 10.1 Å². The van der Waals surface area contributed by atoms with Crippen LogP contribution in [0.25, 0.3) is 0 Å². The molecule has 0 bridgehead atoms. The number of rotatable bonds is 6. The van der Waals surface area contributed by atoms with E-state index in [1.165, 1.54) is 29.4 Å². The molecule has 8 heteroatoms. The van der Waals surface area contributed by atoms with Crippen molar-refractivity contribution in [3.63, 3.8) is 0 Å². The van der Waals surface area contributed by atoms with E-state index in [4.69, 9.17) is 16.3 Å². The van der Waals surface area contributed by atoms with Gasteiger partial charge in [0.15, 0.2) is 4.34 Å². The van der Waals surface area contributed by atoms with Crippen LogP contribution in [0.1, 0.15) is 5.56 Å². The van der Waals surface area contributed by atoms with Crippen molar-refractivity contribution in [2.24, 2.45) is 0 Å². The summed E-state index contributed by atoms with van der Waals surface area (Å²) in [5.41, 5.74) is 1.04. The molecule has 2 aromatic rings. The van der Waals surface area contributed by atoms with Gasteiger partial charge in [-0.05, 0) is 29.6 Å². The number of nitro groups is 1. The fourth-order valence-electron chi connectivity index (χ4n) is 1.45. The minimum atomic E-state index is -0.480. The highest BCUT2D eigenvalue weighted by Crippen LogP contribution is 2.38. The molecule has 1 aromatic heterocycles. The zero-order valence-corrected chi connectivity index (χ0v) is 12.8. The molecule has 0 unspecified atom stereocenters. The van der Waals surface area contributed by atoms with Gasteiger partial charge in [0.2, 0.25) is 0 Å². The summed E-state index contributed by atoms with van der Waals surface area (Å²) < 4.78 is 9.18. The lowest BCUT2D eigenvalue weighted by Gasteiger charge is -2.04. The fraction of sp³-hybridized carbons (Fsp3) is 0.167. The Hall–Kier alpha value is -1.28. The number of nitrogens with zero attached hydrogens (tertiary/aromatic N) is 1. The molecule has 0 aliphatic heterocycles. The minimum absolute atomic E-state index is 0.0505. The normalized spacial score (nSPS) is 10.5. The van der Waals surface area contributed by atoms with Crippen molar-refractivity contribution < 1.29 is 9.66 Å². The molecule has 106 valence electrons. The van der Waals surface area contributed by atoms with E-state index >= 15 is 0 Å². The van der Waals surface area contributed by atoms with Crippen LogP contribution in [0.2, 0.25) is 4.34 Å². The largest absolute Gasteiger partial charge is 0.497 e. The van der Waals surface area contributed by atoms with E-state index in [2.05, 4.69) is 4.72 Å². The zero-order chi connectivity index (χ0) is 14.5. The van der Waals surface area contributed by atoms with Crippen molar-refractivity contribution in [1.29, 1.82) is 0 Å². The van der Waals surface area contributed by atoms with Crippen LogP contribution in [0, 0.1) is 10.1 Å². The smallest absolute Gasteiger partial charge is 0.299 e. The van der Waals surface area contributed by atoms with Crippen LogP contribution in [0.15, 0.2) is 34.5 Å². The van der Waals surface area contributed by atoms with Crippen LogP contribution in [-0.2, 0) is 6.54 Å². The molecule has 20 heavy (non-hydrogen) atoms. The molecule has 0 saturated carbocycles. The highest BCUT2D eigenvalue weighted by Gasteiger charge is 2.17. The maximum Gasteiger partial charge on any atom is 0.299 e. The summed E-state index contributed by atoms with van der Waals surface area (Å²) in [5, 5.41) is 10.7. The number of halogens is 1. The average Bonchev–Trinajstić information content (AvgIpc) is 2.81. The van der Waals surface area contributed by atoms with E-state index in [1.807, 2.05) is 24.3 Å². The zero-order valence-electron chi connectivity index (χ0n) is 10.5. The Morgan fingerprint density at radius 2 is 2.15 bits per heavy atom. The predicted molar refractivity (Wildman–Crippen MR) is 81.7 cm³/mol. The Labute approximate surface area is 129 Å². The summed E-state index contributed by atoms with van der Waals surface area (Å²) in [7, 11) is 1.62. The molecule has 1 aromatic carbocycles. The van der Waals surface area contributed by atoms with E-state index in [0.29, 0.717) is 6.54 Å². The second-order valence-corrected chi connectivity index (χ2v) is 6.60. The van der Waals surface area contributed by atoms with Gasteiger partial charge in [0, 0.05) is 12.6 Å². The van der Waals surface area contributed by atoms with Gasteiger partial charge in [0.1, 0.15) is 5.75 Å². The SMILES string of the molecule is COc1ccc(CNSc2cc([N+](=O)[O-])c(Cl)s2)cc1. The quantitative estimate of drug-likeness (QED) is 0.490. The monoisotopic (exact) mass is 330 g/mol. The maximum atomic E-state index is 10.7. The van der Waals surface area contributed by atoms with Crippen LogP contribution in [0.3, 0.4) is 0 Å². The number of thiophene rings is 1. The molecule has 1 N–H and O–H groups in total. The third-order valence-electron chi connectivity index (χ3n) is 2.45.